The summed E-state index contributed by atoms with van der Waals surface area (Å²) in [5.74, 6) is -3.77. The van der Waals surface area contributed by atoms with Crippen LogP contribution in [0.3, 0.4) is 0 Å². The Hall–Kier alpha value is -3.87. The molecular formula is C19H29N7O6. The number of primary amides is 1. The minimum atomic E-state index is -1.28. The first-order chi connectivity index (χ1) is 15.0. The Morgan fingerprint density at radius 2 is 1.56 bits per heavy atom. The van der Waals surface area contributed by atoms with Crippen molar-refractivity contribution in [2.45, 2.75) is 43.8 Å². The number of carbonyl (C=O) groups is 4. The number of phenols is 1. The lowest BCUT2D eigenvalue weighted by Gasteiger charge is -2.23. The number of amides is 3. The number of nitrogens with zero attached hydrogens (tertiary/aromatic N) is 1. The third kappa shape index (κ3) is 9.75. The third-order valence-corrected chi connectivity index (χ3v) is 4.33. The lowest BCUT2D eigenvalue weighted by Crippen LogP contribution is -2.55. The normalized spacial score (nSPS) is 13.3. The van der Waals surface area contributed by atoms with Crippen molar-refractivity contribution in [1.29, 1.82) is 0 Å². The topological polar surface area (TPSA) is 249 Å². The van der Waals surface area contributed by atoms with E-state index in [-0.39, 0.29) is 37.5 Å². The molecule has 0 heterocycles. The van der Waals surface area contributed by atoms with Gasteiger partial charge in [-0.3, -0.25) is 19.4 Å². The van der Waals surface area contributed by atoms with Crippen LogP contribution in [0.5, 0.6) is 5.75 Å². The van der Waals surface area contributed by atoms with Crippen molar-refractivity contribution in [3.05, 3.63) is 29.8 Å². The van der Waals surface area contributed by atoms with Crippen LogP contribution in [0.4, 0.5) is 0 Å². The van der Waals surface area contributed by atoms with Crippen LogP contribution in [-0.2, 0) is 25.6 Å². The first kappa shape index (κ1) is 26.2. The van der Waals surface area contributed by atoms with E-state index in [1.165, 1.54) is 24.3 Å². The smallest absolute Gasteiger partial charge is 0.326 e. The summed E-state index contributed by atoms with van der Waals surface area (Å²) < 4.78 is 0. The molecule has 3 amide bonds. The van der Waals surface area contributed by atoms with E-state index < -0.39 is 48.2 Å². The van der Waals surface area contributed by atoms with Gasteiger partial charge in [-0.05, 0) is 30.5 Å². The molecule has 0 aliphatic heterocycles. The van der Waals surface area contributed by atoms with Gasteiger partial charge in [0.2, 0.25) is 17.7 Å². The number of aliphatic imine (C=N–C) groups is 1. The standard InChI is InChI=1S/C19H29N7O6/c20-12(9-15(21)28)16(29)26-14(8-10-3-5-11(27)6-4-10)17(30)25-13(18(31)32)2-1-7-24-19(22)23/h3-6,12-14,27H,1-2,7-9,20H2,(H2,21,28)(H,25,30)(H,26,29)(H,31,32)(H4,22,23,24). The minimum Gasteiger partial charge on any atom is -0.508 e. The van der Waals surface area contributed by atoms with E-state index in [1.807, 2.05) is 0 Å². The second-order valence-corrected chi connectivity index (χ2v) is 7.06. The molecule has 1 aromatic carbocycles. The number of nitrogens with one attached hydrogen (secondary N) is 2. The summed E-state index contributed by atoms with van der Waals surface area (Å²) >= 11 is 0. The molecule has 0 saturated heterocycles. The van der Waals surface area contributed by atoms with Crippen LogP contribution in [0.2, 0.25) is 0 Å². The molecule has 0 aromatic heterocycles. The molecule has 3 unspecified atom stereocenters. The molecule has 3 atom stereocenters. The average Bonchev–Trinajstić information content (AvgIpc) is 2.70. The van der Waals surface area contributed by atoms with E-state index in [0.29, 0.717) is 5.56 Å². The molecule has 0 fully saturated rings. The Balaban J connectivity index is 2.94. The van der Waals surface area contributed by atoms with E-state index in [1.54, 1.807) is 0 Å². The molecule has 0 saturated carbocycles. The molecule has 1 aromatic rings. The maximum Gasteiger partial charge on any atom is 0.326 e. The zero-order chi connectivity index (χ0) is 24.3. The fraction of sp³-hybridized carbons (Fsp3) is 0.421. The summed E-state index contributed by atoms with van der Waals surface area (Å²) in [4.78, 5) is 51.4. The van der Waals surface area contributed by atoms with Gasteiger partial charge in [0.1, 0.15) is 17.8 Å². The molecule has 1 rings (SSSR count). The zero-order valence-electron chi connectivity index (χ0n) is 17.4. The number of aliphatic carboxylic acids is 1. The van der Waals surface area contributed by atoms with Gasteiger partial charge in [-0.15, -0.1) is 0 Å². The van der Waals surface area contributed by atoms with E-state index in [4.69, 9.17) is 22.9 Å². The predicted octanol–water partition coefficient (Wildman–Crippen LogP) is -2.75. The van der Waals surface area contributed by atoms with Gasteiger partial charge >= 0.3 is 5.97 Å². The fourth-order valence-electron chi connectivity index (χ4n) is 2.70. The van der Waals surface area contributed by atoms with Crippen LogP contribution < -0.4 is 33.6 Å². The number of carboxylic acid groups (broad SMARTS) is 1. The first-order valence-corrected chi connectivity index (χ1v) is 9.70. The number of benzene rings is 1. The van der Waals surface area contributed by atoms with Gasteiger partial charge in [0.15, 0.2) is 5.96 Å². The predicted molar refractivity (Wildman–Crippen MR) is 115 cm³/mol. The number of guanidine groups is 1. The van der Waals surface area contributed by atoms with E-state index in [9.17, 15) is 29.4 Å². The van der Waals surface area contributed by atoms with E-state index in [0.717, 1.165) is 0 Å². The first-order valence-electron chi connectivity index (χ1n) is 9.70. The second-order valence-electron chi connectivity index (χ2n) is 7.06. The lowest BCUT2D eigenvalue weighted by molar-refractivity contribution is -0.142. The van der Waals surface area contributed by atoms with Gasteiger partial charge in [0.25, 0.3) is 0 Å². The molecular weight excluding hydrogens is 422 g/mol. The van der Waals surface area contributed by atoms with Gasteiger partial charge in [0.05, 0.1) is 12.5 Å². The number of nitrogens with two attached hydrogens (primary N) is 4. The van der Waals surface area contributed by atoms with E-state index >= 15 is 0 Å². The maximum atomic E-state index is 12.8. The number of rotatable bonds is 13. The molecule has 0 aliphatic rings. The molecule has 0 radical (unpaired) electrons. The van der Waals surface area contributed by atoms with E-state index in [2.05, 4.69) is 15.6 Å². The van der Waals surface area contributed by atoms with Crippen LogP contribution in [-0.4, -0.2) is 64.5 Å². The quantitative estimate of drug-likeness (QED) is 0.0877. The highest BCUT2D eigenvalue weighted by molar-refractivity contribution is 5.93. The van der Waals surface area contributed by atoms with Crippen LogP contribution in [0.25, 0.3) is 0 Å². The molecule has 13 nitrogen and oxygen atoms in total. The molecule has 0 spiro atoms. The Morgan fingerprint density at radius 3 is 2.09 bits per heavy atom. The molecule has 32 heavy (non-hydrogen) atoms. The largest absolute Gasteiger partial charge is 0.508 e. The molecule has 176 valence electrons. The van der Waals surface area contributed by atoms with Gasteiger partial charge < -0.3 is 43.8 Å². The Bertz CT molecular complexity index is 839. The number of phenolic OH excluding ortho intramolecular Hbond substituents is 1. The highest BCUT2D eigenvalue weighted by Crippen LogP contribution is 2.12. The third-order valence-electron chi connectivity index (χ3n) is 4.33. The lowest BCUT2D eigenvalue weighted by atomic mass is 10.0. The molecule has 12 N–H and O–H groups in total. The Kier molecular flexibility index (Phi) is 10.4. The fourth-order valence-corrected chi connectivity index (χ4v) is 2.70. The van der Waals surface area contributed by atoms with Gasteiger partial charge in [-0.25, -0.2) is 4.79 Å². The number of carbonyl (C=O) groups excluding carboxylic acids is 3. The SMILES string of the molecule is NC(=O)CC(N)C(=O)NC(Cc1ccc(O)cc1)C(=O)NC(CCCN=C(N)N)C(=O)O. The number of hydrogen-bond acceptors (Lipinski definition) is 7. The van der Waals surface area contributed by atoms with Crippen molar-refractivity contribution in [2.75, 3.05) is 6.54 Å². The zero-order valence-corrected chi connectivity index (χ0v) is 17.4. The number of hydrogen-bond donors (Lipinski definition) is 8. The van der Waals surface area contributed by atoms with Crippen molar-refractivity contribution < 1.29 is 29.4 Å². The van der Waals surface area contributed by atoms with Crippen molar-refractivity contribution in [3.63, 3.8) is 0 Å². The van der Waals surface area contributed by atoms with Crippen LogP contribution in [0.15, 0.2) is 29.3 Å². The van der Waals surface area contributed by atoms with Crippen molar-refractivity contribution in [1.82, 2.24) is 10.6 Å². The van der Waals surface area contributed by atoms with Crippen molar-refractivity contribution >= 4 is 29.7 Å². The summed E-state index contributed by atoms with van der Waals surface area (Å²) in [6.07, 6.45) is -0.129. The summed E-state index contributed by atoms with van der Waals surface area (Å²) in [6.45, 7) is 0.178. The molecule has 0 bridgehead atoms. The highest BCUT2D eigenvalue weighted by atomic mass is 16.4. The van der Waals surface area contributed by atoms with Crippen molar-refractivity contribution in [3.8, 4) is 5.75 Å². The summed E-state index contributed by atoms with van der Waals surface area (Å²) in [6, 6.07) is 2.13. The summed E-state index contributed by atoms with van der Waals surface area (Å²) in [7, 11) is 0. The summed E-state index contributed by atoms with van der Waals surface area (Å²) in [5, 5.41) is 23.6. The molecule has 13 heteroatoms. The monoisotopic (exact) mass is 451 g/mol. The maximum absolute atomic E-state index is 12.8. The minimum absolute atomic E-state index is 0.00832. The Labute approximate surface area is 184 Å². The van der Waals surface area contributed by atoms with Crippen LogP contribution in [0.1, 0.15) is 24.8 Å². The highest BCUT2D eigenvalue weighted by Gasteiger charge is 2.28. The van der Waals surface area contributed by atoms with Gasteiger partial charge in [-0.2, -0.15) is 0 Å². The van der Waals surface area contributed by atoms with Gasteiger partial charge in [0, 0.05) is 13.0 Å². The Morgan fingerprint density at radius 1 is 0.969 bits per heavy atom. The number of carboxylic acids is 1. The average molecular weight is 451 g/mol. The van der Waals surface area contributed by atoms with Crippen LogP contribution in [0, 0.1) is 0 Å². The van der Waals surface area contributed by atoms with Gasteiger partial charge in [-0.1, -0.05) is 12.1 Å². The van der Waals surface area contributed by atoms with Crippen LogP contribution >= 0.6 is 0 Å². The van der Waals surface area contributed by atoms with Crippen molar-refractivity contribution in [2.24, 2.45) is 27.9 Å². The molecule has 0 aliphatic carbocycles. The second kappa shape index (κ2) is 12.7. The number of aromatic hydroxyl groups is 1. The summed E-state index contributed by atoms with van der Waals surface area (Å²) in [5.41, 5.74) is 21.7.